The van der Waals surface area contributed by atoms with Gasteiger partial charge in [-0.3, -0.25) is 4.79 Å². The molecule has 1 N–H and O–H groups in total. The van der Waals surface area contributed by atoms with Crippen molar-refractivity contribution in [1.82, 2.24) is 14.7 Å². The van der Waals surface area contributed by atoms with Gasteiger partial charge in [-0.1, -0.05) is 12.1 Å². The first kappa shape index (κ1) is 21.5. The number of anilines is 2. The first-order valence-electron chi connectivity index (χ1n) is 12.1. The molecule has 5 rings (SSSR count). The number of ether oxygens (including phenoxy) is 1. The predicted molar refractivity (Wildman–Crippen MR) is 126 cm³/mol. The lowest BCUT2D eigenvalue weighted by Crippen LogP contribution is -2.48. The number of nitrogens with one attached hydrogen (secondary N) is 1. The van der Waals surface area contributed by atoms with Gasteiger partial charge in [-0.15, -0.1) is 0 Å². The van der Waals surface area contributed by atoms with Crippen molar-refractivity contribution in [3.05, 3.63) is 42.1 Å². The van der Waals surface area contributed by atoms with Crippen LogP contribution in [0, 0.1) is 12.8 Å². The number of nitrogens with zero attached hydrogens (tertiary/aromatic N) is 4. The fourth-order valence-corrected chi connectivity index (χ4v) is 5.48. The SMILES string of the molecule is Cc1cccc(N2CCC(N3CCC(n4nccc4NC(=O)[C@H]4CCOC4)CC3)CC2)c1. The Bertz CT molecular complexity index is 907. The monoisotopic (exact) mass is 437 g/mol. The zero-order valence-corrected chi connectivity index (χ0v) is 19.1. The van der Waals surface area contributed by atoms with Crippen molar-refractivity contribution in [3.8, 4) is 0 Å². The van der Waals surface area contributed by atoms with Gasteiger partial charge in [-0.05, 0) is 56.7 Å². The van der Waals surface area contributed by atoms with Gasteiger partial charge in [-0.2, -0.15) is 5.10 Å². The molecule has 3 aliphatic heterocycles. The molecule has 1 aromatic carbocycles. The van der Waals surface area contributed by atoms with Gasteiger partial charge >= 0.3 is 0 Å². The molecule has 0 aliphatic carbocycles. The van der Waals surface area contributed by atoms with E-state index in [4.69, 9.17) is 4.74 Å². The molecule has 3 aliphatic rings. The fourth-order valence-electron chi connectivity index (χ4n) is 5.48. The number of hydrogen-bond donors (Lipinski definition) is 1. The summed E-state index contributed by atoms with van der Waals surface area (Å²) in [6.07, 6.45) is 7.22. The van der Waals surface area contributed by atoms with Crippen molar-refractivity contribution in [2.75, 3.05) is 49.6 Å². The van der Waals surface area contributed by atoms with Gasteiger partial charge in [0.2, 0.25) is 5.91 Å². The minimum atomic E-state index is -0.0362. The second-order valence-electron chi connectivity index (χ2n) is 9.54. The molecule has 2 aromatic rings. The first-order valence-corrected chi connectivity index (χ1v) is 12.1. The van der Waals surface area contributed by atoms with Crippen molar-refractivity contribution in [2.24, 2.45) is 5.92 Å². The number of benzene rings is 1. The van der Waals surface area contributed by atoms with Gasteiger partial charge < -0.3 is 19.9 Å². The summed E-state index contributed by atoms with van der Waals surface area (Å²) in [5.74, 6) is 0.847. The van der Waals surface area contributed by atoms with Gasteiger partial charge in [0.1, 0.15) is 5.82 Å². The fraction of sp³-hybridized carbons (Fsp3) is 0.600. The van der Waals surface area contributed by atoms with Crippen LogP contribution in [0.1, 0.15) is 43.7 Å². The Morgan fingerprint density at radius 1 is 1.03 bits per heavy atom. The number of aryl methyl sites for hydroxylation is 1. The Balaban J connectivity index is 1.12. The van der Waals surface area contributed by atoms with E-state index in [1.165, 1.54) is 24.1 Å². The number of carbonyl (C=O) groups excluding carboxylic acids is 1. The molecular weight excluding hydrogens is 402 g/mol. The van der Waals surface area contributed by atoms with E-state index in [0.717, 1.165) is 51.3 Å². The maximum Gasteiger partial charge on any atom is 0.231 e. The highest BCUT2D eigenvalue weighted by Gasteiger charge is 2.30. The molecule has 0 radical (unpaired) electrons. The average molecular weight is 438 g/mol. The maximum absolute atomic E-state index is 12.5. The standard InChI is InChI=1S/C25H35N5O2/c1-19-3-2-4-23(17-19)29-12-6-21(7-13-29)28-14-8-22(9-15-28)30-24(5-11-26-30)27-25(31)20-10-16-32-18-20/h2-5,11,17,20-22H,6-10,12-16,18H2,1H3,(H,27,31)/t20-/m0/s1. The third-order valence-corrected chi connectivity index (χ3v) is 7.41. The molecule has 4 heterocycles. The van der Waals surface area contributed by atoms with E-state index < -0.39 is 0 Å². The van der Waals surface area contributed by atoms with Gasteiger partial charge in [-0.25, -0.2) is 4.68 Å². The molecule has 0 spiro atoms. The van der Waals surface area contributed by atoms with Crippen molar-refractivity contribution < 1.29 is 9.53 Å². The van der Waals surface area contributed by atoms with Crippen molar-refractivity contribution in [3.63, 3.8) is 0 Å². The van der Waals surface area contributed by atoms with Crippen molar-refractivity contribution in [2.45, 2.75) is 51.1 Å². The van der Waals surface area contributed by atoms with E-state index in [1.807, 2.05) is 10.7 Å². The van der Waals surface area contributed by atoms with Crippen molar-refractivity contribution in [1.29, 1.82) is 0 Å². The largest absolute Gasteiger partial charge is 0.381 e. The zero-order chi connectivity index (χ0) is 21.9. The Hall–Kier alpha value is -2.38. The Kier molecular flexibility index (Phi) is 6.46. The van der Waals surface area contributed by atoms with Crippen LogP contribution < -0.4 is 10.2 Å². The smallest absolute Gasteiger partial charge is 0.231 e. The van der Waals surface area contributed by atoms with Crippen LogP contribution in [0.25, 0.3) is 0 Å². The zero-order valence-electron chi connectivity index (χ0n) is 19.1. The summed E-state index contributed by atoms with van der Waals surface area (Å²) in [4.78, 5) is 17.7. The molecule has 3 fully saturated rings. The quantitative estimate of drug-likeness (QED) is 0.776. The Labute approximate surface area is 190 Å². The van der Waals surface area contributed by atoms with Crippen LogP contribution in [0.2, 0.25) is 0 Å². The third-order valence-electron chi connectivity index (χ3n) is 7.41. The average Bonchev–Trinajstić information content (AvgIpc) is 3.52. The van der Waals surface area contributed by atoms with Gasteiger partial charge in [0, 0.05) is 50.6 Å². The molecule has 7 heteroatoms. The third kappa shape index (κ3) is 4.69. The molecular formula is C25H35N5O2. The summed E-state index contributed by atoms with van der Waals surface area (Å²) in [5, 5.41) is 7.64. The van der Waals surface area contributed by atoms with Gasteiger partial charge in [0.15, 0.2) is 0 Å². The number of piperidine rings is 2. The lowest BCUT2D eigenvalue weighted by molar-refractivity contribution is -0.119. The summed E-state index contributed by atoms with van der Waals surface area (Å²) in [7, 11) is 0. The summed E-state index contributed by atoms with van der Waals surface area (Å²) < 4.78 is 7.39. The number of amides is 1. The lowest BCUT2D eigenvalue weighted by Gasteiger charge is -2.42. The molecule has 1 amide bonds. The van der Waals surface area contributed by atoms with Crippen LogP contribution >= 0.6 is 0 Å². The molecule has 7 nitrogen and oxygen atoms in total. The molecule has 172 valence electrons. The lowest BCUT2D eigenvalue weighted by atomic mass is 9.97. The highest BCUT2D eigenvalue weighted by Crippen LogP contribution is 2.30. The Morgan fingerprint density at radius 2 is 1.81 bits per heavy atom. The minimum Gasteiger partial charge on any atom is -0.381 e. The van der Waals surface area contributed by atoms with E-state index in [0.29, 0.717) is 25.3 Å². The highest BCUT2D eigenvalue weighted by molar-refractivity contribution is 5.92. The van der Waals surface area contributed by atoms with Crippen LogP contribution in [0.15, 0.2) is 36.5 Å². The van der Waals surface area contributed by atoms with E-state index in [2.05, 4.69) is 51.4 Å². The van der Waals surface area contributed by atoms with E-state index in [9.17, 15) is 4.79 Å². The molecule has 3 saturated heterocycles. The molecule has 0 bridgehead atoms. The van der Waals surface area contributed by atoms with E-state index in [1.54, 1.807) is 6.20 Å². The molecule has 0 saturated carbocycles. The number of hydrogen-bond acceptors (Lipinski definition) is 5. The first-order chi connectivity index (χ1) is 15.7. The molecule has 32 heavy (non-hydrogen) atoms. The number of rotatable bonds is 5. The second-order valence-corrected chi connectivity index (χ2v) is 9.54. The van der Waals surface area contributed by atoms with E-state index in [-0.39, 0.29) is 11.8 Å². The summed E-state index contributed by atoms with van der Waals surface area (Å²) in [5.41, 5.74) is 2.69. The van der Waals surface area contributed by atoms with Crippen LogP contribution in [0.5, 0.6) is 0 Å². The normalized spacial score (nSPS) is 23.5. The topological polar surface area (TPSA) is 62.6 Å². The maximum atomic E-state index is 12.5. The Morgan fingerprint density at radius 3 is 2.53 bits per heavy atom. The summed E-state index contributed by atoms with van der Waals surface area (Å²) in [6, 6.07) is 11.8. The molecule has 0 unspecified atom stereocenters. The number of carbonyl (C=O) groups is 1. The summed E-state index contributed by atoms with van der Waals surface area (Å²) in [6.45, 7) is 7.84. The highest BCUT2D eigenvalue weighted by atomic mass is 16.5. The minimum absolute atomic E-state index is 0.0362. The molecule has 1 aromatic heterocycles. The second kappa shape index (κ2) is 9.63. The van der Waals surface area contributed by atoms with Crippen LogP contribution in [-0.4, -0.2) is 66.0 Å². The van der Waals surface area contributed by atoms with Gasteiger partial charge in [0.05, 0.1) is 24.8 Å². The van der Waals surface area contributed by atoms with Crippen LogP contribution in [0.3, 0.4) is 0 Å². The number of likely N-dealkylation sites (tertiary alicyclic amines) is 1. The number of aromatic nitrogens is 2. The van der Waals surface area contributed by atoms with E-state index >= 15 is 0 Å². The van der Waals surface area contributed by atoms with Crippen LogP contribution in [-0.2, 0) is 9.53 Å². The molecule has 1 atom stereocenters. The van der Waals surface area contributed by atoms with Crippen LogP contribution in [0.4, 0.5) is 11.5 Å². The van der Waals surface area contributed by atoms with Crippen molar-refractivity contribution >= 4 is 17.4 Å². The predicted octanol–water partition coefficient (Wildman–Crippen LogP) is 3.47. The summed E-state index contributed by atoms with van der Waals surface area (Å²) >= 11 is 0. The van der Waals surface area contributed by atoms with Gasteiger partial charge in [0.25, 0.3) is 0 Å².